The minimum Gasteiger partial charge on any atom is -0.482 e. The Labute approximate surface area is 136 Å². The Hall–Kier alpha value is -3.36. The van der Waals surface area contributed by atoms with E-state index in [1.807, 2.05) is 0 Å². The minimum absolute atomic E-state index is 0.0168. The molecule has 126 valence electrons. The first kappa shape index (κ1) is 17.0. The molecule has 0 spiro atoms. The number of carbonyl (C=O) groups is 4. The monoisotopic (exact) mass is 334 g/mol. The third-order valence-corrected chi connectivity index (χ3v) is 3.03. The first-order chi connectivity index (χ1) is 11.4. The van der Waals surface area contributed by atoms with Crippen molar-refractivity contribution in [3.8, 4) is 5.75 Å². The fourth-order valence-electron chi connectivity index (χ4n) is 1.88. The van der Waals surface area contributed by atoms with Crippen molar-refractivity contribution in [3.05, 3.63) is 35.5 Å². The van der Waals surface area contributed by atoms with Crippen LogP contribution in [-0.4, -0.2) is 54.1 Å². The van der Waals surface area contributed by atoms with Crippen molar-refractivity contribution in [2.45, 2.75) is 0 Å². The van der Waals surface area contributed by atoms with Gasteiger partial charge in [0.2, 0.25) is 0 Å². The first-order valence-corrected chi connectivity index (χ1v) is 6.76. The lowest BCUT2D eigenvalue weighted by atomic mass is 10.2. The molecule has 1 fully saturated rings. The van der Waals surface area contributed by atoms with Crippen LogP contribution in [0, 0.1) is 0 Å². The van der Waals surface area contributed by atoms with Crippen molar-refractivity contribution in [1.29, 1.82) is 0 Å². The normalized spacial score (nSPS) is 15.4. The second kappa shape index (κ2) is 7.27. The molecule has 9 heteroatoms. The van der Waals surface area contributed by atoms with E-state index in [-0.39, 0.29) is 5.70 Å². The number of aliphatic carboxylic acids is 1. The van der Waals surface area contributed by atoms with Gasteiger partial charge in [0.15, 0.2) is 6.61 Å². The Kier molecular flexibility index (Phi) is 5.15. The van der Waals surface area contributed by atoms with Gasteiger partial charge in [0, 0.05) is 0 Å². The van der Waals surface area contributed by atoms with Crippen LogP contribution in [0.3, 0.4) is 0 Å². The molecule has 1 saturated heterocycles. The smallest absolute Gasteiger partial charge is 0.341 e. The van der Waals surface area contributed by atoms with Gasteiger partial charge >= 0.3 is 18.0 Å². The molecule has 1 heterocycles. The van der Waals surface area contributed by atoms with E-state index in [9.17, 15) is 19.2 Å². The van der Waals surface area contributed by atoms with E-state index >= 15 is 0 Å². The number of imide groups is 1. The maximum absolute atomic E-state index is 12.1. The number of carbonyl (C=O) groups excluding carboxylic acids is 3. The Morgan fingerprint density at radius 1 is 1.25 bits per heavy atom. The largest absolute Gasteiger partial charge is 0.482 e. The van der Waals surface area contributed by atoms with Crippen molar-refractivity contribution in [2.24, 2.45) is 0 Å². The van der Waals surface area contributed by atoms with E-state index in [2.05, 4.69) is 10.1 Å². The summed E-state index contributed by atoms with van der Waals surface area (Å²) in [6.45, 7) is -0.933. The summed E-state index contributed by atoms with van der Waals surface area (Å²) in [6.07, 6.45) is 1.43. The van der Waals surface area contributed by atoms with Gasteiger partial charge in [-0.2, -0.15) is 0 Å². The number of ether oxygens (including phenoxy) is 2. The van der Waals surface area contributed by atoms with E-state index in [4.69, 9.17) is 9.84 Å². The van der Waals surface area contributed by atoms with Crippen LogP contribution in [-0.2, 0) is 19.1 Å². The molecule has 3 amide bonds. The van der Waals surface area contributed by atoms with Crippen molar-refractivity contribution >= 4 is 30.0 Å². The van der Waals surface area contributed by atoms with Gasteiger partial charge in [-0.3, -0.25) is 9.59 Å². The quantitative estimate of drug-likeness (QED) is 0.433. The molecule has 0 aromatic heterocycles. The highest BCUT2D eigenvalue weighted by Gasteiger charge is 2.35. The number of urea groups is 1. The second-order valence-electron chi connectivity index (χ2n) is 4.71. The molecule has 0 unspecified atom stereocenters. The molecular weight excluding hydrogens is 320 g/mol. The number of nitrogens with zero attached hydrogens (tertiary/aromatic N) is 1. The van der Waals surface area contributed by atoms with E-state index in [0.717, 1.165) is 12.0 Å². The molecule has 1 aromatic rings. The van der Waals surface area contributed by atoms with Crippen LogP contribution in [0.1, 0.15) is 5.56 Å². The van der Waals surface area contributed by atoms with Crippen LogP contribution in [0.25, 0.3) is 6.08 Å². The van der Waals surface area contributed by atoms with Gasteiger partial charge in [0.05, 0.1) is 7.11 Å². The molecule has 1 aliphatic rings. The van der Waals surface area contributed by atoms with Gasteiger partial charge in [-0.1, -0.05) is 12.1 Å². The van der Waals surface area contributed by atoms with E-state index in [1.54, 1.807) is 12.1 Å². The zero-order valence-corrected chi connectivity index (χ0v) is 12.6. The molecule has 0 radical (unpaired) electrons. The lowest BCUT2D eigenvalue weighted by Gasteiger charge is -2.09. The Morgan fingerprint density at radius 2 is 1.92 bits per heavy atom. The summed E-state index contributed by atoms with van der Waals surface area (Å²) in [4.78, 5) is 46.2. The average Bonchev–Trinajstić information content (AvgIpc) is 2.81. The summed E-state index contributed by atoms with van der Waals surface area (Å²) in [7, 11) is 1.16. The number of methoxy groups -OCH3 is 1. The molecule has 2 rings (SSSR count). The van der Waals surface area contributed by atoms with Crippen LogP contribution in [0.5, 0.6) is 5.75 Å². The number of esters is 1. The second-order valence-corrected chi connectivity index (χ2v) is 4.71. The topological polar surface area (TPSA) is 122 Å². The number of amides is 3. The first-order valence-electron chi connectivity index (χ1n) is 6.76. The van der Waals surface area contributed by atoms with Gasteiger partial charge < -0.3 is 19.9 Å². The number of carboxylic acid groups (broad SMARTS) is 1. The highest BCUT2D eigenvalue weighted by atomic mass is 16.5. The molecule has 0 saturated carbocycles. The number of nitrogens with one attached hydrogen (secondary N) is 1. The maximum atomic E-state index is 12.1. The third kappa shape index (κ3) is 4.09. The van der Waals surface area contributed by atoms with E-state index in [0.29, 0.717) is 11.3 Å². The maximum Gasteiger partial charge on any atom is 0.341 e. The summed E-state index contributed by atoms with van der Waals surface area (Å²) >= 11 is 0. The summed E-state index contributed by atoms with van der Waals surface area (Å²) in [5.41, 5.74) is 0.601. The van der Waals surface area contributed by atoms with Gasteiger partial charge in [0.25, 0.3) is 5.91 Å². The molecule has 2 N–H and O–H groups in total. The van der Waals surface area contributed by atoms with Gasteiger partial charge in [-0.05, 0) is 23.8 Å². The highest BCUT2D eigenvalue weighted by molar-refractivity contribution is 6.15. The number of rotatable bonds is 6. The SMILES string of the molecule is COC(=O)CN1C(=O)N/C(=C/c2ccc(OCC(=O)O)cc2)C1=O. The van der Waals surface area contributed by atoms with Crippen LogP contribution in [0.4, 0.5) is 4.79 Å². The fourth-order valence-corrected chi connectivity index (χ4v) is 1.88. The Morgan fingerprint density at radius 3 is 2.50 bits per heavy atom. The molecule has 1 aromatic carbocycles. The number of benzene rings is 1. The van der Waals surface area contributed by atoms with Crippen molar-refractivity contribution in [2.75, 3.05) is 20.3 Å². The molecular formula is C15H14N2O7. The summed E-state index contributed by atoms with van der Waals surface area (Å²) in [6, 6.07) is 5.53. The van der Waals surface area contributed by atoms with Crippen LogP contribution in [0.2, 0.25) is 0 Å². The van der Waals surface area contributed by atoms with Crippen molar-refractivity contribution in [1.82, 2.24) is 10.2 Å². The summed E-state index contributed by atoms with van der Waals surface area (Å²) < 4.78 is 9.41. The van der Waals surface area contributed by atoms with Crippen LogP contribution < -0.4 is 10.1 Å². The number of carboxylic acids is 1. The van der Waals surface area contributed by atoms with Crippen molar-refractivity contribution in [3.63, 3.8) is 0 Å². The minimum atomic E-state index is -1.09. The predicted octanol–water partition coefficient (Wildman–Crippen LogP) is 0.216. The summed E-state index contributed by atoms with van der Waals surface area (Å²) in [5, 5.41) is 10.9. The molecule has 9 nitrogen and oxygen atoms in total. The number of hydrogen-bond acceptors (Lipinski definition) is 6. The lowest BCUT2D eigenvalue weighted by Crippen LogP contribution is -2.36. The molecule has 24 heavy (non-hydrogen) atoms. The van der Waals surface area contributed by atoms with Crippen LogP contribution in [0.15, 0.2) is 30.0 Å². The Bertz CT molecular complexity index is 709. The third-order valence-electron chi connectivity index (χ3n) is 3.03. The predicted molar refractivity (Wildman–Crippen MR) is 79.8 cm³/mol. The average molecular weight is 334 g/mol. The lowest BCUT2D eigenvalue weighted by molar-refractivity contribution is -0.143. The highest BCUT2D eigenvalue weighted by Crippen LogP contribution is 2.17. The molecule has 0 aliphatic carbocycles. The standard InChI is InChI=1S/C15H14N2O7/c1-23-13(20)7-17-14(21)11(16-15(17)22)6-9-2-4-10(5-3-9)24-8-12(18)19/h2-6H,7-8H2,1H3,(H,16,22)(H,18,19)/b11-6+. The van der Waals surface area contributed by atoms with Crippen molar-refractivity contribution < 1.29 is 33.8 Å². The van der Waals surface area contributed by atoms with E-state index < -0.39 is 37.0 Å². The van der Waals surface area contributed by atoms with Crippen LogP contribution >= 0.6 is 0 Å². The Balaban J connectivity index is 2.08. The fraction of sp³-hybridized carbons (Fsp3) is 0.200. The van der Waals surface area contributed by atoms with Gasteiger partial charge in [-0.15, -0.1) is 0 Å². The summed E-state index contributed by atoms with van der Waals surface area (Å²) in [5.74, 6) is -2.09. The molecule has 1 aliphatic heterocycles. The van der Waals surface area contributed by atoms with E-state index in [1.165, 1.54) is 18.2 Å². The van der Waals surface area contributed by atoms with Gasteiger partial charge in [0.1, 0.15) is 18.0 Å². The number of hydrogen-bond donors (Lipinski definition) is 2. The van der Waals surface area contributed by atoms with Gasteiger partial charge in [-0.25, -0.2) is 14.5 Å². The molecule has 0 atom stereocenters. The molecule has 0 bridgehead atoms. The zero-order valence-electron chi connectivity index (χ0n) is 12.6. The zero-order chi connectivity index (χ0) is 17.7.